The van der Waals surface area contributed by atoms with E-state index in [0.717, 1.165) is 11.3 Å². The Morgan fingerprint density at radius 1 is 1.25 bits per heavy atom. The summed E-state index contributed by atoms with van der Waals surface area (Å²) in [5.41, 5.74) is 2.35. The second-order valence-electron chi connectivity index (χ2n) is 6.85. The van der Waals surface area contributed by atoms with E-state index in [1.54, 1.807) is 38.2 Å². The molecular weight excluding hydrogens is 436 g/mol. The number of carbonyl (C=O) groups is 2. The quantitative estimate of drug-likeness (QED) is 0.231. The smallest absolute Gasteiger partial charge is 0.341 e. The summed E-state index contributed by atoms with van der Waals surface area (Å²) in [4.78, 5) is 39.6. The number of aryl methyl sites for hydroxylation is 3. The number of nitrogens with one attached hydrogen (secondary N) is 1. The van der Waals surface area contributed by atoms with E-state index in [4.69, 9.17) is 9.26 Å². The summed E-state index contributed by atoms with van der Waals surface area (Å²) in [6.07, 6.45) is 1.55. The lowest BCUT2D eigenvalue weighted by Crippen LogP contribution is -2.21. The van der Waals surface area contributed by atoms with E-state index in [0.29, 0.717) is 22.1 Å². The standard InChI is InChI=1S/C21H20N4O6S/c1-12-6-7-17(18(9-12)25(28)29)23-19(26)10-30-21(27)15-5-4-8-22-20(15)32-11-16-13(2)24-31-14(16)3/h4-9H,10-11H2,1-3H3,(H,23,26). The molecule has 0 aliphatic carbocycles. The van der Waals surface area contributed by atoms with E-state index in [9.17, 15) is 19.7 Å². The monoisotopic (exact) mass is 456 g/mol. The van der Waals surface area contributed by atoms with Gasteiger partial charge < -0.3 is 14.6 Å². The van der Waals surface area contributed by atoms with E-state index in [2.05, 4.69) is 15.5 Å². The number of hydrogen-bond acceptors (Lipinski definition) is 9. The lowest BCUT2D eigenvalue weighted by molar-refractivity contribution is -0.384. The van der Waals surface area contributed by atoms with Gasteiger partial charge in [-0.3, -0.25) is 14.9 Å². The normalized spacial score (nSPS) is 10.6. The van der Waals surface area contributed by atoms with Crippen molar-refractivity contribution in [3.8, 4) is 0 Å². The van der Waals surface area contributed by atoms with Crippen LogP contribution in [0.2, 0.25) is 0 Å². The van der Waals surface area contributed by atoms with Gasteiger partial charge >= 0.3 is 5.97 Å². The largest absolute Gasteiger partial charge is 0.452 e. The fourth-order valence-corrected chi connectivity index (χ4v) is 3.94. The van der Waals surface area contributed by atoms with Gasteiger partial charge in [-0.1, -0.05) is 11.2 Å². The van der Waals surface area contributed by atoms with Gasteiger partial charge in [0.05, 0.1) is 16.2 Å². The Balaban J connectivity index is 1.63. The van der Waals surface area contributed by atoms with E-state index < -0.39 is 23.4 Å². The summed E-state index contributed by atoms with van der Waals surface area (Å²) in [5.74, 6) is -0.236. The van der Waals surface area contributed by atoms with Crippen molar-refractivity contribution < 1.29 is 23.8 Å². The third-order valence-electron chi connectivity index (χ3n) is 4.48. The first-order chi connectivity index (χ1) is 15.3. The topological polar surface area (TPSA) is 137 Å². The summed E-state index contributed by atoms with van der Waals surface area (Å²) >= 11 is 1.32. The number of rotatable bonds is 8. The third-order valence-corrected chi connectivity index (χ3v) is 5.52. The van der Waals surface area contributed by atoms with Gasteiger partial charge in [-0.2, -0.15) is 0 Å². The fourth-order valence-electron chi connectivity index (χ4n) is 2.80. The number of amides is 1. The molecule has 0 aliphatic rings. The number of nitro benzene ring substituents is 1. The molecule has 2 aromatic heterocycles. The van der Waals surface area contributed by atoms with Gasteiger partial charge in [-0.25, -0.2) is 9.78 Å². The maximum atomic E-state index is 12.5. The summed E-state index contributed by atoms with van der Waals surface area (Å²) < 4.78 is 10.2. The van der Waals surface area contributed by atoms with Crippen molar-refractivity contribution in [2.45, 2.75) is 31.6 Å². The average molecular weight is 456 g/mol. The van der Waals surface area contributed by atoms with Crippen LogP contribution in [-0.2, 0) is 15.3 Å². The molecule has 0 aliphatic heterocycles. The van der Waals surface area contributed by atoms with Crippen molar-refractivity contribution in [2.24, 2.45) is 0 Å². The molecule has 1 aromatic carbocycles. The number of pyridine rings is 1. The minimum Gasteiger partial charge on any atom is -0.452 e. The van der Waals surface area contributed by atoms with Gasteiger partial charge in [0.1, 0.15) is 16.5 Å². The van der Waals surface area contributed by atoms with Crippen molar-refractivity contribution in [2.75, 3.05) is 11.9 Å². The molecular formula is C21H20N4O6S. The van der Waals surface area contributed by atoms with Gasteiger partial charge in [0.15, 0.2) is 6.61 Å². The molecule has 32 heavy (non-hydrogen) atoms. The number of nitrogens with zero attached hydrogens (tertiary/aromatic N) is 3. The predicted octanol–water partition coefficient (Wildman–Crippen LogP) is 3.99. The lowest BCUT2D eigenvalue weighted by atomic mass is 10.2. The molecule has 0 unspecified atom stereocenters. The molecule has 10 nitrogen and oxygen atoms in total. The number of ether oxygens (including phenoxy) is 1. The number of hydrogen-bond donors (Lipinski definition) is 1. The summed E-state index contributed by atoms with van der Waals surface area (Å²) in [6, 6.07) is 7.55. The molecule has 0 spiro atoms. The molecule has 2 heterocycles. The maximum absolute atomic E-state index is 12.5. The zero-order chi connectivity index (χ0) is 23.3. The van der Waals surface area contributed by atoms with Crippen LogP contribution in [0.4, 0.5) is 11.4 Å². The molecule has 0 saturated heterocycles. The molecule has 1 amide bonds. The van der Waals surface area contributed by atoms with Crippen LogP contribution in [0.3, 0.4) is 0 Å². The third kappa shape index (κ3) is 5.49. The second-order valence-corrected chi connectivity index (χ2v) is 7.81. The summed E-state index contributed by atoms with van der Waals surface area (Å²) in [5, 5.41) is 17.9. The Kier molecular flexibility index (Phi) is 7.21. The van der Waals surface area contributed by atoms with E-state index in [-0.39, 0.29) is 16.9 Å². The van der Waals surface area contributed by atoms with Gasteiger partial charge in [-0.05, 0) is 44.5 Å². The zero-order valence-corrected chi connectivity index (χ0v) is 18.4. The summed E-state index contributed by atoms with van der Waals surface area (Å²) in [7, 11) is 0. The molecule has 0 bridgehead atoms. The SMILES string of the molecule is Cc1ccc(NC(=O)COC(=O)c2cccnc2SCc2c(C)noc2C)c([N+](=O)[O-])c1. The molecule has 3 rings (SSSR count). The van der Waals surface area contributed by atoms with E-state index in [1.165, 1.54) is 23.9 Å². The van der Waals surface area contributed by atoms with Crippen LogP contribution in [-0.4, -0.2) is 33.5 Å². The number of esters is 1. The second kappa shape index (κ2) is 10.1. The molecule has 11 heteroatoms. The van der Waals surface area contributed by atoms with Gasteiger partial charge in [0.2, 0.25) is 0 Å². The van der Waals surface area contributed by atoms with Crippen molar-refractivity contribution in [3.63, 3.8) is 0 Å². The van der Waals surface area contributed by atoms with Crippen molar-refractivity contribution in [1.29, 1.82) is 0 Å². The number of carbonyl (C=O) groups excluding carboxylic acids is 2. The van der Waals surface area contributed by atoms with Crippen LogP contribution in [0, 0.1) is 30.9 Å². The number of nitro groups is 1. The minimum atomic E-state index is -0.729. The Bertz CT molecular complexity index is 1160. The Labute approximate surface area is 187 Å². The van der Waals surface area contributed by atoms with E-state index >= 15 is 0 Å². The number of aromatic nitrogens is 2. The van der Waals surface area contributed by atoms with E-state index in [1.807, 2.05) is 6.92 Å². The number of thioether (sulfide) groups is 1. The molecule has 0 radical (unpaired) electrons. The van der Waals surface area contributed by atoms with Gasteiger partial charge in [-0.15, -0.1) is 11.8 Å². The molecule has 3 aromatic rings. The van der Waals surface area contributed by atoms with Crippen LogP contribution in [0.5, 0.6) is 0 Å². The van der Waals surface area contributed by atoms with Crippen molar-refractivity contribution >= 4 is 35.0 Å². The zero-order valence-electron chi connectivity index (χ0n) is 17.6. The number of anilines is 1. The molecule has 0 saturated carbocycles. The lowest BCUT2D eigenvalue weighted by Gasteiger charge is -2.09. The Morgan fingerprint density at radius 3 is 2.72 bits per heavy atom. The highest BCUT2D eigenvalue weighted by Gasteiger charge is 2.20. The highest BCUT2D eigenvalue weighted by molar-refractivity contribution is 7.98. The Hall–Kier alpha value is -3.73. The van der Waals surface area contributed by atoms with Crippen molar-refractivity contribution in [1.82, 2.24) is 10.1 Å². The minimum absolute atomic E-state index is 0.0266. The van der Waals surface area contributed by atoms with Crippen LogP contribution in [0.1, 0.15) is 32.9 Å². The fraction of sp³-hybridized carbons (Fsp3) is 0.238. The summed E-state index contributed by atoms with van der Waals surface area (Å²) in [6.45, 7) is 4.74. The maximum Gasteiger partial charge on any atom is 0.341 e. The number of benzene rings is 1. The highest BCUT2D eigenvalue weighted by Crippen LogP contribution is 2.28. The molecule has 166 valence electrons. The highest BCUT2D eigenvalue weighted by atomic mass is 32.2. The van der Waals surface area contributed by atoms with Crippen LogP contribution < -0.4 is 5.32 Å². The van der Waals surface area contributed by atoms with Crippen LogP contribution in [0.15, 0.2) is 46.1 Å². The predicted molar refractivity (Wildman–Crippen MR) is 117 cm³/mol. The average Bonchev–Trinajstić information content (AvgIpc) is 3.09. The van der Waals surface area contributed by atoms with Crippen LogP contribution in [0.25, 0.3) is 0 Å². The first-order valence-electron chi connectivity index (χ1n) is 9.48. The van der Waals surface area contributed by atoms with Gasteiger partial charge in [0, 0.05) is 23.6 Å². The first kappa shape index (κ1) is 22.9. The first-order valence-corrected chi connectivity index (χ1v) is 10.5. The van der Waals surface area contributed by atoms with Gasteiger partial charge in [0.25, 0.3) is 11.6 Å². The molecule has 1 N–H and O–H groups in total. The van der Waals surface area contributed by atoms with Crippen LogP contribution >= 0.6 is 11.8 Å². The Morgan fingerprint density at radius 2 is 2.03 bits per heavy atom. The van der Waals surface area contributed by atoms with Crippen molar-refractivity contribution in [3.05, 3.63) is 74.8 Å². The molecule has 0 fully saturated rings. The molecule has 0 atom stereocenters.